The molecule has 0 aliphatic heterocycles. The van der Waals surface area contributed by atoms with E-state index in [2.05, 4.69) is 47.0 Å². The number of H-pyrrole nitrogens is 1. The highest BCUT2D eigenvalue weighted by Crippen LogP contribution is 2.22. The predicted octanol–water partition coefficient (Wildman–Crippen LogP) is 3.34. The second kappa shape index (κ2) is 8.49. The molecule has 1 aromatic carbocycles. The van der Waals surface area contributed by atoms with Gasteiger partial charge in [-0.15, -0.1) is 5.10 Å². The molecule has 0 saturated carbocycles. The quantitative estimate of drug-likeness (QED) is 0.307. The average molecular weight is 421 g/mol. The Balaban J connectivity index is 1.46. The summed E-state index contributed by atoms with van der Waals surface area (Å²) in [5.74, 6) is 1.03. The lowest BCUT2D eigenvalue weighted by Gasteiger charge is -2.05. The molecule has 0 spiro atoms. The zero-order valence-electron chi connectivity index (χ0n) is 12.8. The maximum absolute atomic E-state index is 12.0. The van der Waals surface area contributed by atoms with Gasteiger partial charge in [-0.25, -0.2) is 10.5 Å². The molecule has 128 valence electrons. The lowest BCUT2D eigenvalue weighted by Crippen LogP contribution is -2.14. The highest BCUT2D eigenvalue weighted by Gasteiger charge is 2.09. The van der Waals surface area contributed by atoms with E-state index in [0.29, 0.717) is 16.9 Å². The number of aromatic amines is 1. The third-order valence-electron chi connectivity index (χ3n) is 2.85. The summed E-state index contributed by atoms with van der Waals surface area (Å²) in [5.41, 5.74) is 3.42. The SMILES string of the molecule is O=C(CSc1n[nH]c(N/N=C\c2ccco2)n1)Nc1ccccc1Br. The molecule has 0 aliphatic rings. The van der Waals surface area contributed by atoms with E-state index >= 15 is 0 Å². The number of rotatable bonds is 7. The van der Waals surface area contributed by atoms with Gasteiger partial charge in [0.1, 0.15) is 5.76 Å². The average Bonchev–Trinajstić information content (AvgIpc) is 3.27. The lowest BCUT2D eigenvalue weighted by atomic mass is 10.3. The molecule has 3 rings (SSSR count). The number of nitrogens with zero attached hydrogens (tertiary/aromatic N) is 3. The lowest BCUT2D eigenvalue weighted by molar-refractivity contribution is -0.113. The summed E-state index contributed by atoms with van der Waals surface area (Å²) in [6, 6.07) is 11.0. The summed E-state index contributed by atoms with van der Waals surface area (Å²) < 4.78 is 5.94. The van der Waals surface area contributed by atoms with Gasteiger partial charge in [-0.1, -0.05) is 23.9 Å². The van der Waals surface area contributed by atoms with Crippen molar-refractivity contribution in [1.82, 2.24) is 15.2 Å². The summed E-state index contributed by atoms with van der Waals surface area (Å²) >= 11 is 4.60. The minimum atomic E-state index is -0.146. The van der Waals surface area contributed by atoms with Crippen molar-refractivity contribution < 1.29 is 9.21 Å². The molecular formula is C15H13BrN6O2S. The first-order chi connectivity index (χ1) is 12.2. The fraction of sp³-hybridized carbons (Fsp3) is 0.0667. The van der Waals surface area contributed by atoms with Crippen molar-refractivity contribution in [3.05, 3.63) is 52.9 Å². The third-order valence-corrected chi connectivity index (χ3v) is 4.39. The fourth-order valence-corrected chi connectivity index (χ4v) is 2.74. The Hall–Kier alpha value is -2.59. The Morgan fingerprint density at radius 2 is 2.24 bits per heavy atom. The van der Waals surface area contributed by atoms with E-state index in [4.69, 9.17) is 4.42 Å². The largest absolute Gasteiger partial charge is 0.463 e. The van der Waals surface area contributed by atoms with Crippen LogP contribution in [0.3, 0.4) is 0 Å². The smallest absolute Gasteiger partial charge is 0.240 e. The molecule has 10 heteroatoms. The number of halogens is 1. The normalized spacial score (nSPS) is 10.9. The number of benzene rings is 1. The van der Waals surface area contributed by atoms with Crippen LogP contribution in [-0.4, -0.2) is 33.1 Å². The molecule has 0 saturated heterocycles. The number of thioether (sulfide) groups is 1. The number of hydrogen-bond donors (Lipinski definition) is 3. The van der Waals surface area contributed by atoms with Crippen molar-refractivity contribution in [3.63, 3.8) is 0 Å². The number of carbonyl (C=O) groups excluding carboxylic acids is 1. The van der Waals surface area contributed by atoms with Crippen LogP contribution in [0.1, 0.15) is 5.76 Å². The Bertz CT molecular complexity index is 865. The van der Waals surface area contributed by atoms with Gasteiger partial charge in [-0.3, -0.25) is 4.79 Å². The van der Waals surface area contributed by atoms with Gasteiger partial charge in [0, 0.05) is 4.47 Å². The molecule has 0 radical (unpaired) electrons. The van der Waals surface area contributed by atoms with Gasteiger partial charge in [0.05, 0.1) is 23.9 Å². The number of anilines is 2. The van der Waals surface area contributed by atoms with Crippen LogP contribution in [-0.2, 0) is 4.79 Å². The number of para-hydroxylation sites is 1. The molecule has 0 bridgehead atoms. The topological polar surface area (TPSA) is 108 Å². The second-order valence-corrected chi connectivity index (χ2v) is 6.47. The Kier molecular flexibility index (Phi) is 5.86. The van der Waals surface area contributed by atoms with Gasteiger partial charge in [0.2, 0.25) is 17.0 Å². The Morgan fingerprint density at radius 1 is 1.36 bits per heavy atom. The van der Waals surface area contributed by atoms with E-state index in [0.717, 1.165) is 10.2 Å². The number of carbonyl (C=O) groups is 1. The molecule has 3 N–H and O–H groups in total. The van der Waals surface area contributed by atoms with Crippen LogP contribution in [0.15, 0.2) is 61.8 Å². The van der Waals surface area contributed by atoms with E-state index < -0.39 is 0 Å². The molecule has 0 aliphatic carbocycles. The molecule has 8 nitrogen and oxygen atoms in total. The first kappa shape index (κ1) is 17.2. The van der Waals surface area contributed by atoms with E-state index in [-0.39, 0.29) is 11.7 Å². The number of hydrogen-bond acceptors (Lipinski definition) is 7. The van der Waals surface area contributed by atoms with Crippen molar-refractivity contribution in [3.8, 4) is 0 Å². The van der Waals surface area contributed by atoms with Crippen LogP contribution in [0.5, 0.6) is 0 Å². The number of furan rings is 1. The van der Waals surface area contributed by atoms with E-state index in [9.17, 15) is 4.79 Å². The fourth-order valence-electron chi connectivity index (χ4n) is 1.76. The minimum Gasteiger partial charge on any atom is -0.463 e. The number of amides is 1. The summed E-state index contributed by atoms with van der Waals surface area (Å²) in [6.45, 7) is 0. The van der Waals surface area contributed by atoms with Crippen molar-refractivity contribution in [2.24, 2.45) is 5.10 Å². The number of nitrogens with one attached hydrogen (secondary N) is 3. The van der Waals surface area contributed by atoms with Gasteiger partial charge in [-0.2, -0.15) is 10.1 Å². The van der Waals surface area contributed by atoms with Gasteiger partial charge >= 0.3 is 0 Å². The van der Waals surface area contributed by atoms with E-state index in [1.807, 2.05) is 24.3 Å². The van der Waals surface area contributed by atoms with E-state index in [1.165, 1.54) is 18.0 Å². The minimum absolute atomic E-state index is 0.146. The number of aromatic nitrogens is 3. The maximum atomic E-state index is 12.0. The standard InChI is InChI=1S/C15H13BrN6O2S/c16-11-5-1-2-6-12(11)18-13(23)9-25-15-19-14(21-22-15)20-17-8-10-4-3-7-24-10/h1-8H,9H2,(H,18,23)(H2,19,20,21,22)/b17-8-. The third kappa shape index (κ3) is 5.19. The van der Waals surface area contributed by atoms with Crippen LogP contribution in [0, 0.1) is 0 Å². The van der Waals surface area contributed by atoms with Crippen molar-refractivity contribution in [1.29, 1.82) is 0 Å². The molecule has 25 heavy (non-hydrogen) atoms. The maximum Gasteiger partial charge on any atom is 0.240 e. The summed E-state index contributed by atoms with van der Waals surface area (Å²) in [4.78, 5) is 16.2. The molecule has 2 heterocycles. The summed E-state index contributed by atoms with van der Waals surface area (Å²) in [5, 5.41) is 13.9. The summed E-state index contributed by atoms with van der Waals surface area (Å²) in [7, 11) is 0. The molecule has 3 aromatic rings. The van der Waals surface area contributed by atoms with Crippen LogP contribution in [0.4, 0.5) is 11.6 Å². The van der Waals surface area contributed by atoms with Gasteiger partial charge < -0.3 is 9.73 Å². The van der Waals surface area contributed by atoms with Crippen molar-refractivity contribution in [2.75, 3.05) is 16.5 Å². The monoisotopic (exact) mass is 420 g/mol. The Morgan fingerprint density at radius 3 is 3.04 bits per heavy atom. The summed E-state index contributed by atoms with van der Waals surface area (Å²) in [6.07, 6.45) is 3.07. The highest BCUT2D eigenvalue weighted by atomic mass is 79.9. The Labute approximate surface area is 155 Å². The van der Waals surface area contributed by atoms with Crippen molar-refractivity contribution in [2.45, 2.75) is 5.16 Å². The molecule has 0 fully saturated rings. The molecule has 2 aromatic heterocycles. The van der Waals surface area contributed by atoms with Crippen LogP contribution in [0.2, 0.25) is 0 Å². The molecule has 0 unspecified atom stereocenters. The van der Waals surface area contributed by atoms with Crippen molar-refractivity contribution >= 4 is 51.4 Å². The molecular weight excluding hydrogens is 408 g/mol. The highest BCUT2D eigenvalue weighted by molar-refractivity contribution is 9.10. The second-order valence-electron chi connectivity index (χ2n) is 4.67. The van der Waals surface area contributed by atoms with Gasteiger partial charge in [-0.05, 0) is 40.2 Å². The molecule has 1 amide bonds. The first-order valence-corrected chi connectivity index (χ1v) is 8.91. The molecule has 0 atom stereocenters. The first-order valence-electron chi connectivity index (χ1n) is 7.13. The predicted molar refractivity (Wildman–Crippen MR) is 99.8 cm³/mol. The zero-order valence-corrected chi connectivity index (χ0v) is 15.2. The number of hydrazone groups is 1. The van der Waals surface area contributed by atoms with Gasteiger partial charge in [0.15, 0.2) is 0 Å². The van der Waals surface area contributed by atoms with Gasteiger partial charge in [0.25, 0.3) is 0 Å². The van der Waals surface area contributed by atoms with Crippen LogP contribution < -0.4 is 10.7 Å². The van der Waals surface area contributed by atoms with Crippen LogP contribution >= 0.6 is 27.7 Å². The van der Waals surface area contributed by atoms with E-state index in [1.54, 1.807) is 18.4 Å². The van der Waals surface area contributed by atoms with Crippen LogP contribution in [0.25, 0.3) is 0 Å². The zero-order chi connectivity index (χ0) is 17.5.